The van der Waals surface area contributed by atoms with Crippen molar-refractivity contribution in [2.24, 2.45) is 5.92 Å². The molecule has 0 spiro atoms. The fourth-order valence-electron chi connectivity index (χ4n) is 3.82. The van der Waals surface area contributed by atoms with E-state index in [0.717, 1.165) is 23.2 Å². The van der Waals surface area contributed by atoms with Crippen LogP contribution in [0.2, 0.25) is 10.0 Å². The molecule has 1 heterocycles. The molecule has 122 valence electrons. The number of hydrogen-bond acceptors (Lipinski definition) is 2. The molecule has 1 aliphatic carbocycles. The molecular formula is C19H15Cl2NO2. The molecule has 2 N–H and O–H groups in total. The number of allylic oxidation sites excluding steroid dienone is 2. The number of nitrogens with one attached hydrogen (secondary N) is 1. The summed E-state index contributed by atoms with van der Waals surface area (Å²) in [6.07, 6.45) is 5.21. The van der Waals surface area contributed by atoms with E-state index in [-0.39, 0.29) is 17.9 Å². The van der Waals surface area contributed by atoms with Crippen LogP contribution >= 0.6 is 23.2 Å². The van der Waals surface area contributed by atoms with Crippen LogP contribution in [-0.4, -0.2) is 11.1 Å². The third-order valence-corrected chi connectivity index (χ3v) is 5.58. The molecule has 0 aromatic heterocycles. The monoisotopic (exact) mass is 359 g/mol. The molecule has 3 nitrogen and oxygen atoms in total. The second-order valence-corrected chi connectivity index (χ2v) is 7.03. The fourth-order valence-corrected chi connectivity index (χ4v) is 4.45. The first-order chi connectivity index (χ1) is 11.6. The minimum atomic E-state index is -0.910. The minimum absolute atomic E-state index is 0.00521. The van der Waals surface area contributed by atoms with E-state index in [9.17, 15) is 9.90 Å². The van der Waals surface area contributed by atoms with Gasteiger partial charge in [-0.1, -0.05) is 41.4 Å². The summed E-state index contributed by atoms with van der Waals surface area (Å²) in [7, 11) is 0. The van der Waals surface area contributed by atoms with E-state index in [0.29, 0.717) is 15.6 Å². The van der Waals surface area contributed by atoms with Crippen molar-refractivity contribution in [3.8, 4) is 0 Å². The predicted molar refractivity (Wildman–Crippen MR) is 96.2 cm³/mol. The van der Waals surface area contributed by atoms with Crippen LogP contribution in [0.5, 0.6) is 0 Å². The molecule has 0 bridgehead atoms. The second-order valence-electron chi connectivity index (χ2n) is 6.22. The molecule has 0 radical (unpaired) electrons. The summed E-state index contributed by atoms with van der Waals surface area (Å²) in [4.78, 5) is 11.3. The van der Waals surface area contributed by atoms with Crippen molar-refractivity contribution < 1.29 is 9.90 Å². The Bertz CT molecular complexity index is 842. The van der Waals surface area contributed by atoms with Crippen LogP contribution in [0.4, 0.5) is 5.69 Å². The molecule has 2 aromatic rings. The van der Waals surface area contributed by atoms with Gasteiger partial charge in [0.25, 0.3) is 0 Å². The van der Waals surface area contributed by atoms with E-state index >= 15 is 0 Å². The van der Waals surface area contributed by atoms with Gasteiger partial charge in [0.1, 0.15) is 0 Å². The number of benzene rings is 2. The number of carboxylic acid groups (broad SMARTS) is 1. The van der Waals surface area contributed by atoms with E-state index in [1.54, 1.807) is 12.1 Å². The van der Waals surface area contributed by atoms with E-state index in [1.165, 1.54) is 0 Å². The molecule has 2 aromatic carbocycles. The average Bonchev–Trinajstić information content (AvgIpc) is 3.04. The maximum Gasteiger partial charge on any atom is 0.335 e. The summed E-state index contributed by atoms with van der Waals surface area (Å²) in [5.74, 6) is -0.482. The molecule has 1 aliphatic heterocycles. The Kier molecular flexibility index (Phi) is 3.78. The predicted octanol–water partition coefficient (Wildman–Crippen LogP) is 5.52. The van der Waals surface area contributed by atoms with Gasteiger partial charge in [-0.3, -0.25) is 0 Å². The number of fused-ring (bicyclic) bond motifs is 3. The van der Waals surface area contributed by atoms with Crippen LogP contribution in [0.25, 0.3) is 0 Å². The first-order valence-electron chi connectivity index (χ1n) is 7.80. The molecular weight excluding hydrogens is 345 g/mol. The van der Waals surface area contributed by atoms with Gasteiger partial charge >= 0.3 is 5.97 Å². The first-order valence-corrected chi connectivity index (χ1v) is 8.56. The quantitative estimate of drug-likeness (QED) is 0.694. The lowest BCUT2D eigenvalue weighted by Gasteiger charge is -2.38. The first kappa shape index (κ1) is 15.6. The Morgan fingerprint density at radius 2 is 1.92 bits per heavy atom. The van der Waals surface area contributed by atoms with Crippen LogP contribution in [0.3, 0.4) is 0 Å². The van der Waals surface area contributed by atoms with Gasteiger partial charge in [-0.05, 0) is 48.2 Å². The Morgan fingerprint density at radius 3 is 2.62 bits per heavy atom. The van der Waals surface area contributed by atoms with Gasteiger partial charge in [-0.25, -0.2) is 4.79 Å². The van der Waals surface area contributed by atoms with Crippen LogP contribution < -0.4 is 5.32 Å². The molecule has 0 unspecified atom stereocenters. The normalized spacial score (nSPS) is 24.2. The molecule has 5 heteroatoms. The highest BCUT2D eigenvalue weighted by Gasteiger charge is 2.39. The van der Waals surface area contributed by atoms with Crippen molar-refractivity contribution in [2.45, 2.75) is 18.4 Å². The van der Waals surface area contributed by atoms with Crippen LogP contribution in [0.1, 0.15) is 39.9 Å². The Morgan fingerprint density at radius 1 is 1.17 bits per heavy atom. The Hall–Kier alpha value is -1.97. The van der Waals surface area contributed by atoms with Crippen molar-refractivity contribution in [3.63, 3.8) is 0 Å². The lowest BCUT2D eigenvalue weighted by Crippen LogP contribution is -2.29. The Balaban J connectivity index is 1.83. The third kappa shape index (κ3) is 2.40. The number of carboxylic acids is 1. The zero-order chi connectivity index (χ0) is 16.8. The molecule has 24 heavy (non-hydrogen) atoms. The number of hydrogen-bond donors (Lipinski definition) is 2. The number of carbonyl (C=O) groups is 1. The van der Waals surface area contributed by atoms with Crippen molar-refractivity contribution in [1.82, 2.24) is 0 Å². The van der Waals surface area contributed by atoms with E-state index in [2.05, 4.69) is 17.5 Å². The topological polar surface area (TPSA) is 49.3 Å². The van der Waals surface area contributed by atoms with Gasteiger partial charge in [0.05, 0.1) is 11.6 Å². The van der Waals surface area contributed by atoms with Gasteiger partial charge < -0.3 is 10.4 Å². The molecule has 3 atom stereocenters. The van der Waals surface area contributed by atoms with E-state index < -0.39 is 5.97 Å². The van der Waals surface area contributed by atoms with Crippen molar-refractivity contribution in [2.75, 3.05) is 5.32 Å². The highest BCUT2D eigenvalue weighted by Crippen LogP contribution is 2.52. The Labute approximate surface area is 149 Å². The maximum atomic E-state index is 11.3. The van der Waals surface area contributed by atoms with Gasteiger partial charge in [0.15, 0.2) is 0 Å². The minimum Gasteiger partial charge on any atom is -0.478 e. The van der Waals surface area contributed by atoms with Crippen LogP contribution in [0.15, 0.2) is 48.6 Å². The SMILES string of the molecule is O=C(O)c1ccc2c(c1)[C@H]1C=CC[C@H]1[C@@H](c1c(Cl)cccc1Cl)N2. The number of aromatic carboxylic acids is 1. The average molecular weight is 360 g/mol. The number of halogens is 2. The summed E-state index contributed by atoms with van der Waals surface area (Å²) < 4.78 is 0. The van der Waals surface area contributed by atoms with Crippen LogP contribution in [0, 0.1) is 5.92 Å². The zero-order valence-corrected chi connectivity index (χ0v) is 14.2. The highest BCUT2D eigenvalue weighted by atomic mass is 35.5. The smallest absolute Gasteiger partial charge is 0.335 e. The van der Waals surface area contributed by atoms with Crippen molar-refractivity contribution in [1.29, 1.82) is 0 Å². The zero-order valence-electron chi connectivity index (χ0n) is 12.7. The lowest BCUT2D eigenvalue weighted by molar-refractivity contribution is 0.0696. The fraction of sp³-hybridized carbons (Fsp3) is 0.211. The lowest BCUT2D eigenvalue weighted by atomic mass is 9.76. The standard InChI is InChI=1S/C19H15Cl2NO2/c20-14-5-2-6-15(21)17(14)18-12-4-1-3-11(12)13-9-10(19(23)24)7-8-16(13)22-18/h1-3,5-9,11-12,18,22H,4H2,(H,23,24)/t11-,12+,18-/m0/s1. The number of rotatable bonds is 2. The second kappa shape index (κ2) is 5.83. The summed E-state index contributed by atoms with van der Waals surface area (Å²) in [5.41, 5.74) is 3.18. The van der Waals surface area contributed by atoms with Gasteiger partial charge in [-0.2, -0.15) is 0 Å². The molecule has 0 fully saturated rings. The summed E-state index contributed by atoms with van der Waals surface area (Å²) in [5, 5.41) is 14.1. The molecule has 0 saturated carbocycles. The highest BCUT2D eigenvalue weighted by molar-refractivity contribution is 6.36. The molecule has 4 rings (SSSR count). The van der Waals surface area contributed by atoms with E-state index in [4.69, 9.17) is 23.2 Å². The maximum absolute atomic E-state index is 11.3. The summed E-state index contributed by atoms with van der Waals surface area (Å²) >= 11 is 12.8. The van der Waals surface area contributed by atoms with Gasteiger partial charge in [0, 0.05) is 27.2 Å². The summed E-state index contributed by atoms with van der Waals surface area (Å²) in [6.45, 7) is 0. The van der Waals surface area contributed by atoms with Crippen molar-refractivity contribution >= 4 is 34.9 Å². The molecule has 0 amide bonds. The van der Waals surface area contributed by atoms with Crippen molar-refractivity contribution in [3.05, 3.63) is 75.3 Å². The molecule has 2 aliphatic rings. The van der Waals surface area contributed by atoms with E-state index in [1.807, 2.05) is 24.3 Å². The number of anilines is 1. The largest absolute Gasteiger partial charge is 0.478 e. The molecule has 0 saturated heterocycles. The summed E-state index contributed by atoms with van der Waals surface area (Å²) in [6, 6.07) is 10.8. The van der Waals surface area contributed by atoms with Gasteiger partial charge in [0.2, 0.25) is 0 Å². The van der Waals surface area contributed by atoms with Crippen LogP contribution in [-0.2, 0) is 0 Å². The third-order valence-electron chi connectivity index (χ3n) is 4.92. The van der Waals surface area contributed by atoms with Gasteiger partial charge in [-0.15, -0.1) is 0 Å².